The number of rotatable bonds is 9. The van der Waals surface area contributed by atoms with E-state index in [4.69, 9.17) is 24.5 Å². The minimum Gasteiger partial charge on any atom is -0.381 e. The lowest BCUT2D eigenvalue weighted by atomic mass is 10.0. The molecular formula is C21H31N4O9P. The minimum atomic E-state index is -3.93. The molecule has 0 radical (unpaired) electrons. The van der Waals surface area contributed by atoms with Crippen LogP contribution in [0.4, 0.5) is 0 Å². The highest BCUT2D eigenvalue weighted by Gasteiger charge is 2.64. The first kappa shape index (κ1) is 27.3. The molecule has 0 saturated carbocycles. The second-order valence-electron chi connectivity index (χ2n) is 9.08. The van der Waals surface area contributed by atoms with Gasteiger partial charge in [-0.3, -0.25) is 28.2 Å². The van der Waals surface area contributed by atoms with E-state index in [-0.39, 0.29) is 37.1 Å². The zero-order chi connectivity index (χ0) is 26.0. The highest BCUT2D eigenvalue weighted by molar-refractivity contribution is 7.51. The fraction of sp³-hybridized carbons (Fsp3) is 0.667. The number of carbonyl (C=O) groups excluding carboxylic acids is 1. The van der Waals surface area contributed by atoms with Gasteiger partial charge in [0.25, 0.3) is 5.56 Å². The summed E-state index contributed by atoms with van der Waals surface area (Å²) in [4.78, 5) is 48.8. The van der Waals surface area contributed by atoms with E-state index in [1.165, 1.54) is 13.3 Å². The van der Waals surface area contributed by atoms with Crippen LogP contribution in [0.15, 0.2) is 15.8 Å². The van der Waals surface area contributed by atoms with Gasteiger partial charge < -0.3 is 30.2 Å². The Balaban J connectivity index is 1.81. The van der Waals surface area contributed by atoms with Gasteiger partial charge in [0, 0.05) is 20.0 Å². The van der Waals surface area contributed by atoms with Gasteiger partial charge in [-0.1, -0.05) is 25.7 Å². The first-order chi connectivity index (χ1) is 16.4. The highest BCUT2D eigenvalue weighted by atomic mass is 31.2. The number of methoxy groups -OCH3 is 1. The summed E-state index contributed by atoms with van der Waals surface area (Å²) in [5.74, 6) is 5.18. The summed E-state index contributed by atoms with van der Waals surface area (Å²) in [5, 5.41) is 2.58. The molecule has 2 fully saturated rings. The molecule has 0 aromatic carbocycles. The monoisotopic (exact) mass is 514 g/mol. The Morgan fingerprint density at radius 2 is 2.20 bits per heavy atom. The normalized spacial score (nSPS) is 27.8. The van der Waals surface area contributed by atoms with Gasteiger partial charge in [-0.25, -0.2) is 4.79 Å². The van der Waals surface area contributed by atoms with Crippen molar-refractivity contribution in [2.45, 2.75) is 50.3 Å². The second kappa shape index (κ2) is 10.8. The fourth-order valence-corrected chi connectivity index (χ4v) is 4.84. The number of nitrogens with zero attached hydrogens (tertiary/aromatic N) is 1. The van der Waals surface area contributed by atoms with Crippen LogP contribution in [0.1, 0.15) is 32.1 Å². The number of H-pyrrole nitrogens is 1. The average Bonchev–Trinajstić information content (AvgIpc) is 3.21. The Kier molecular flexibility index (Phi) is 8.39. The van der Waals surface area contributed by atoms with Crippen LogP contribution in [-0.2, 0) is 28.1 Å². The second-order valence-corrected chi connectivity index (χ2v) is 10.9. The molecule has 1 aromatic heterocycles. The largest absolute Gasteiger partial charge is 0.381 e. The lowest BCUT2D eigenvalue weighted by Crippen LogP contribution is -2.46. The van der Waals surface area contributed by atoms with Crippen molar-refractivity contribution < 1.29 is 33.0 Å². The fourth-order valence-electron chi connectivity index (χ4n) is 4.11. The number of ether oxygens (including phenoxy) is 3. The van der Waals surface area contributed by atoms with E-state index in [9.17, 15) is 23.8 Å². The topological polar surface area (TPSA) is 184 Å². The number of nitrogens with one attached hydrogen (secondary N) is 2. The van der Waals surface area contributed by atoms with Gasteiger partial charge in [-0.15, -0.1) is 0 Å². The molecule has 2 unspecified atom stereocenters. The minimum absolute atomic E-state index is 0.0198. The van der Waals surface area contributed by atoms with E-state index in [0.717, 1.165) is 11.2 Å². The molecule has 194 valence electrons. The maximum Gasteiger partial charge on any atom is 0.330 e. The van der Waals surface area contributed by atoms with Crippen LogP contribution in [0, 0.1) is 17.8 Å². The van der Waals surface area contributed by atoms with Crippen molar-refractivity contribution in [1.82, 2.24) is 14.9 Å². The van der Waals surface area contributed by atoms with Crippen molar-refractivity contribution >= 4 is 13.5 Å². The lowest BCUT2D eigenvalue weighted by Gasteiger charge is -2.31. The Hall–Kier alpha value is -2.30. The van der Waals surface area contributed by atoms with Crippen LogP contribution in [0.5, 0.6) is 0 Å². The van der Waals surface area contributed by atoms with Gasteiger partial charge in [0.15, 0.2) is 6.23 Å². The van der Waals surface area contributed by atoms with Gasteiger partial charge in [0.05, 0.1) is 25.8 Å². The third-order valence-corrected chi connectivity index (χ3v) is 6.17. The van der Waals surface area contributed by atoms with Gasteiger partial charge in [-0.05, 0) is 12.3 Å². The van der Waals surface area contributed by atoms with Crippen molar-refractivity contribution in [3.05, 3.63) is 32.6 Å². The summed E-state index contributed by atoms with van der Waals surface area (Å²) in [6, 6.07) is -0.663. The van der Waals surface area contributed by atoms with E-state index < -0.39 is 48.9 Å². The van der Waals surface area contributed by atoms with Crippen molar-refractivity contribution in [3.8, 4) is 11.8 Å². The first-order valence-electron chi connectivity index (χ1n) is 11.0. The van der Waals surface area contributed by atoms with Crippen LogP contribution >= 0.6 is 7.60 Å². The summed E-state index contributed by atoms with van der Waals surface area (Å²) >= 11 is 0. The van der Waals surface area contributed by atoms with Crippen LogP contribution in [0.2, 0.25) is 0 Å². The predicted molar refractivity (Wildman–Crippen MR) is 124 cm³/mol. The molecule has 2 saturated heterocycles. The van der Waals surface area contributed by atoms with E-state index >= 15 is 0 Å². The van der Waals surface area contributed by atoms with Crippen LogP contribution < -0.4 is 22.3 Å². The van der Waals surface area contributed by atoms with Crippen molar-refractivity contribution in [2.24, 2.45) is 11.7 Å². The Morgan fingerprint density at radius 1 is 1.49 bits per heavy atom. The van der Waals surface area contributed by atoms with Crippen LogP contribution in [0.3, 0.4) is 0 Å². The van der Waals surface area contributed by atoms with Gasteiger partial charge in [0.1, 0.15) is 23.4 Å². The molecule has 2 aliphatic heterocycles. The van der Waals surface area contributed by atoms with Crippen molar-refractivity contribution in [3.63, 3.8) is 0 Å². The zero-order valence-corrected chi connectivity index (χ0v) is 20.9. The molecule has 2 bridgehead atoms. The number of hydrogen-bond donors (Lipinski definition) is 4. The molecule has 35 heavy (non-hydrogen) atoms. The smallest absolute Gasteiger partial charge is 0.330 e. The van der Waals surface area contributed by atoms with E-state index in [1.54, 1.807) is 0 Å². The van der Waals surface area contributed by atoms with Crippen molar-refractivity contribution in [2.75, 3.05) is 33.5 Å². The molecule has 2 aliphatic rings. The molecule has 6 atom stereocenters. The molecule has 13 nitrogen and oxygen atoms in total. The summed E-state index contributed by atoms with van der Waals surface area (Å²) in [5.41, 5.74) is 3.03. The Labute approximate surface area is 201 Å². The molecule has 3 rings (SSSR count). The Bertz CT molecular complexity index is 1160. The standard InChI is InChI=1S/C21H31N4O9P/c1-12(2)8-14(22)18(27)23-7-5-6-13-9-25(20(28)24-17(13)26)19-15-16(34-35(4,29)30)21(33-19,10-31-3)11-32-15/h9,12,14-16,19H,7-8,10-11,22H2,1-4H3,(H,23,27)(H,29,30)(H,24,26,28)/t14-,15-,16?,19+,21-/m0/s1. The number of fused-ring (bicyclic) bond motifs is 2. The number of amides is 1. The molecule has 3 heterocycles. The maximum atomic E-state index is 12.6. The number of aromatic amines is 1. The number of aromatic nitrogens is 2. The molecule has 0 aliphatic carbocycles. The number of hydrogen-bond acceptors (Lipinski definition) is 9. The molecule has 5 N–H and O–H groups in total. The van der Waals surface area contributed by atoms with Gasteiger partial charge >= 0.3 is 13.3 Å². The Morgan fingerprint density at radius 3 is 2.83 bits per heavy atom. The molecular weight excluding hydrogens is 483 g/mol. The number of carbonyl (C=O) groups is 1. The zero-order valence-electron chi connectivity index (χ0n) is 20.0. The number of nitrogens with two attached hydrogens (primary N) is 1. The average molecular weight is 514 g/mol. The van der Waals surface area contributed by atoms with E-state index in [2.05, 4.69) is 22.1 Å². The van der Waals surface area contributed by atoms with Gasteiger partial charge in [-0.2, -0.15) is 0 Å². The summed E-state index contributed by atoms with van der Waals surface area (Å²) in [6.07, 6.45) is -1.26. The van der Waals surface area contributed by atoms with E-state index in [1.807, 2.05) is 13.8 Å². The predicted octanol–water partition coefficient (Wildman–Crippen LogP) is -1.11. The molecule has 1 aromatic rings. The van der Waals surface area contributed by atoms with Crippen LogP contribution in [-0.4, -0.2) is 77.7 Å². The quantitative estimate of drug-likeness (QED) is 0.233. The molecule has 14 heteroatoms. The highest BCUT2D eigenvalue weighted by Crippen LogP contribution is 2.52. The maximum absolute atomic E-state index is 12.6. The lowest BCUT2D eigenvalue weighted by molar-refractivity contribution is -0.190. The van der Waals surface area contributed by atoms with Crippen molar-refractivity contribution in [1.29, 1.82) is 0 Å². The van der Waals surface area contributed by atoms with E-state index in [0.29, 0.717) is 6.42 Å². The first-order valence-corrected chi connectivity index (χ1v) is 13.0. The summed E-state index contributed by atoms with van der Waals surface area (Å²) in [7, 11) is -2.51. The van der Waals surface area contributed by atoms with Crippen LogP contribution in [0.25, 0.3) is 0 Å². The molecule has 1 amide bonds. The molecule has 0 spiro atoms. The summed E-state index contributed by atoms with van der Waals surface area (Å²) < 4.78 is 35.3. The third kappa shape index (κ3) is 6.29. The third-order valence-electron chi connectivity index (χ3n) is 5.55. The van der Waals surface area contributed by atoms with Gasteiger partial charge in [0.2, 0.25) is 5.91 Å². The SMILES string of the molecule is COC[C@]12CO[C@@H](C1OP(C)(=O)O)[C@H](n1cc(C#CCNC(=O)[C@@H](N)CC(C)C)c(=O)[nH]c1=O)O2. The summed E-state index contributed by atoms with van der Waals surface area (Å²) in [6.45, 7) is 4.90.